The van der Waals surface area contributed by atoms with Crippen LogP contribution in [0.1, 0.15) is 44.7 Å². The number of ether oxygens (including phenoxy) is 8. The molecular formula is C32H45NO9. The zero-order chi connectivity index (χ0) is 30.0. The van der Waals surface area contributed by atoms with Gasteiger partial charge >= 0.3 is 0 Å². The third-order valence-electron chi connectivity index (χ3n) is 7.28. The summed E-state index contributed by atoms with van der Waals surface area (Å²) in [5.74, 6) is 1.65. The summed E-state index contributed by atoms with van der Waals surface area (Å²) in [6.45, 7) is 9.32. The molecule has 2 fully saturated rings. The van der Waals surface area contributed by atoms with Gasteiger partial charge in [-0.05, 0) is 61.9 Å². The maximum absolute atomic E-state index is 12.0. The van der Waals surface area contributed by atoms with Gasteiger partial charge in [-0.25, -0.2) is 0 Å². The van der Waals surface area contributed by atoms with Crippen molar-refractivity contribution in [3.05, 3.63) is 41.5 Å². The van der Waals surface area contributed by atoms with Crippen molar-refractivity contribution >= 4 is 5.91 Å². The maximum Gasteiger partial charge on any atom is 0.222 e. The van der Waals surface area contributed by atoms with Gasteiger partial charge in [-0.2, -0.15) is 0 Å². The highest BCUT2D eigenvalue weighted by Crippen LogP contribution is 2.42. The molecule has 4 rings (SSSR count). The molecule has 2 saturated heterocycles. The van der Waals surface area contributed by atoms with Crippen LogP contribution in [0.2, 0.25) is 0 Å². The lowest BCUT2D eigenvalue weighted by Gasteiger charge is -2.23. The fraction of sp³-hybridized carbons (Fsp3) is 0.594. The number of rotatable bonds is 17. The second-order valence-electron chi connectivity index (χ2n) is 10.8. The minimum atomic E-state index is -0.589. The lowest BCUT2D eigenvalue weighted by molar-refractivity contribution is -0.145. The number of carbonyl (C=O) groups is 1. The van der Waals surface area contributed by atoms with Gasteiger partial charge in [-0.3, -0.25) is 4.79 Å². The number of hydrogen-bond acceptors (Lipinski definition) is 9. The molecule has 0 N–H and O–H groups in total. The molecule has 232 valence electrons. The minimum Gasteiger partial charge on any atom is -0.492 e. The molecule has 0 aromatic heterocycles. The Labute approximate surface area is 249 Å². The van der Waals surface area contributed by atoms with E-state index in [-0.39, 0.29) is 25.6 Å². The lowest BCUT2D eigenvalue weighted by atomic mass is 9.90. The zero-order valence-corrected chi connectivity index (χ0v) is 25.6. The quantitative estimate of drug-likeness (QED) is 0.195. The topological polar surface area (TPSA) is 94.2 Å². The normalized spacial score (nSPS) is 18.1. The summed E-state index contributed by atoms with van der Waals surface area (Å²) in [5.41, 5.74) is 3.98. The molecule has 2 aliphatic rings. The first-order chi connectivity index (χ1) is 20.3. The van der Waals surface area contributed by atoms with Crippen molar-refractivity contribution < 1.29 is 42.7 Å². The Kier molecular flexibility index (Phi) is 11.9. The summed E-state index contributed by atoms with van der Waals surface area (Å²) in [6.07, 6.45) is 2.78. The van der Waals surface area contributed by atoms with Gasteiger partial charge in [0.1, 0.15) is 30.0 Å². The van der Waals surface area contributed by atoms with Crippen molar-refractivity contribution in [3.8, 4) is 28.4 Å². The van der Waals surface area contributed by atoms with Crippen LogP contribution in [0, 0.1) is 0 Å². The highest BCUT2D eigenvalue weighted by atomic mass is 16.7. The maximum atomic E-state index is 12.0. The number of hydrogen-bond donors (Lipinski definition) is 0. The molecule has 2 aromatic rings. The van der Waals surface area contributed by atoms with E-state index in [1.807, 2.05) is 49.1 Å². The number of likely N-dealkylation sites (tertiary alicyclic amines) is 1. The zero-order valence-electron chi connectivity index (χ0n) is 25.6. The Balaban J connectivity index is 1.60. The largest absolute Gasteiger partial charge is 0.492 e. The first-order valence-corrected chi connectivity index (χ1v) is 14.7. The molecule has 0 bridgehead atoms. The Morgan fingerprint density at radius 2 is 1.79 bits per heavy atom. The van der Waals surface area contributed by atoms with Crippen molar-refractivity contribution in [2.45, 2.75) is 58.3 Å². The van der Waals surface area contributed by atoms with Gasteiger partial charge in [-0.1, -0.05) is 19.1 Å². The fourth-order valence-corrected chi connectivity index (χ4v) is 5.38. The van der Waals surface area contributed by atoms with E-state index in [4.69, 9.17) is 37.9 Å². The van der Waals surface area contributed by atoms with Crippen molar-refractivity contribution in [2.75, 3.05) is 67.3 Å². The van der Waals surface area contributed by atoms with Gasteiger partial charge in [0, 0.05) is 38.8 Å². The number of methoxy groups -OCH3 is 2. The highest BCUT2D eigenvalue weighted by Gasteiger charge is 2.32. The molecular weight excluding hydrogens is 542 g/mol. The molecule has 10 heteroatoms. The predicted molar refractivity (Wildman–Crippen MR) is 157 cm³/mol. The van der Waals surface area contributed by atoms with Crippen LogP contribution in [0.4, 0.5) is 0 Å². The third kappa shape index (κ3) is 8.58. The average Bonchev–Trinajstić information content (AvgIpc) is 3.56. The van der Waals surface area contributed by atoms with Crippen LogP contribution in [0.15, 0.2) is 30.3 Å². The lowest BCUT2D eigenvalue weighted by Crippen LogP contribution is -2.29. The SMILES string of the molecule is CCc1c(OCOC)cc(OCOC)c(-c2cccc(OCCN3CCCC3=O)c2)c1CCOCC1COC(C)(C)O1. The van der Waals surface area contributed by atoms with Crippen LogP contribution in [0.25, 0.3) is 11.1 Å². The van der Waals surface area contributed by atoms with Crippen LogP contribution >= 0.6 is 0 Å². The smallest absolute Gasteiger partial charge is 0.222 e. The molecule has 1 atom stereocenters. The van der Waals surface area contributed by atoms with E-state index in [1.54, 1.807) is 14.2 Å². The second kappa shape index (κ2) is 15.5. The molecule has 1 amide bonds. The number of amides is 1. The van der Waals surface area contributed by atoms with Gasteiger partial charge in [0.05, 0.1) is 26.4 Å². The van der Waals surface area contributed by atoms with Crippen LogP contribution in [-0.4, -0.2) is 90.0 Å². The van der Waals surface area contributed by atoms with Gasteiger partial charge < -0.3 is 42.8 Å². The molecule has 2 aromatic carbocycles. The van der Waals surface area contributed by atoms with Gasteiger partial charge in [-0.15, -0.1) is 0 Å². The summed E-state index contributed by atoms with van der Waals surface area (Å²) in [4.78, 5) is 13.8. The minimum absolute atomic E-state index is 0.0764. The Hall–Kier alpha value is -2.89. The van der Waals surface area contributed by atoms with Crippen molar-refractivity contribution in [1.82, 2.24) is 4.90 Å². The van der Waals surface area contributed by atoms with E-state index in [0.29, 0.717) is 57.3 Å². The van der Waals surface area contributed by atoms with Gasteiger partial charge in [0.25, 0.3) is 0 Å². The summed E-state index contributed by atoms with van der Waals surface area (Å²) < 4.78 is 46.3. The van der Waals surface area contributed by atoms with Gasteiger partial charge in [0.2, 0.25) is 5.91 Å². The first-order valence-electron chi connectivity index (χ1n) is 14.7. The van der Waals surface area contributed by atoms with Crippen molar-refractivity contribution in [1.29, 1.82) is 0 Å². The number of carbonyl (C=O) groups excluding carboxylic acids is 1. The standard InChI is InChI=1S/C32H45NO9/c1-6-26-27(12-15-37-19-25-20-41-32(2,3)42-25)31(29(40-22-36-5)18-28(26)39-21-35-4)23-9-7-10-24(17-23)38-16-14-33-13-8-11-30(33)34/h7,9-10,17-18,25H,6,8,11-16,19-22H2,1-5H3. The molecule has 0 spiro atoms. The molecule has 0 aliphatic carbocycles. The molecule has 2 aliphatic heterocycles. The second-order valence-corrected chi connectivity index (χ2v) is 10.8. The number of nitrogens with zero attached hydrogens (tertiary/aromatic N) is 1. The van der Waals surface area contributed by atoms with Crippen LogP contribution in [0.3, 0.4) is 0 Å². The molecule has 0 saturated carbocycles. The van der Waals surface area contributed by atoms with Crippen molar-refractivity contribution in [2.24, 2.45) is 0 Å². The summed E-state index contributed by atoms with van der Waals surface area (Å²) in [6, 6.07) is 9.83. The molecule has 2 heterocycles. The van der Waals surface area contributed by atoms with Crippen LogP contribution in [0.5, 0.6) is 17.2 Å². The Morgan fingerprint density at radius 1 is 1.00 bits per heavy atom. The monoisotopic (exact) mass is 587 g/mol. The van der Waals surface area contributed by atoms with Crippen LogP contribution in [-0.2, 0) is 41.3 Å². The van der Waals surface area contributed by atoms with E-state index < -0.39 is 5.79 Å². The number of benzene rings is 2. The molecule has 10 nitrogen and oxygen atoms in total. The van der Waals surface area contributed by atoms with Crippen LogP contribution < -0.4 is 14.2 Å². The van der Waals surface area contributed by atoms with Crippen molar-refractivity contribution in [3.63, 3.8) is 0 Å². The van der Waals surface area contributed by atoms with E-state index in [1.165, 1.54) is 0 Å². The fourth-order valence-electron chi connectivity index (χ4n) is 5.38. The Bertz CT molecular complexity index is 1170. The molecule has 42 heavy (non-hydrogen) atoms. The predicted octanol–water partition coefficient (Wildman–Crippen LogP) is 4.59. The Morgan fingerprint density at radius 3 is 2.45 bits per heavy atom. The third-order valence-corrected chi connectivity index (χ3v) is 7.28. The van der Waals surface area contributed by atoms with E-state index >= 15 is 0 Å². The highest BCUT2D eigenvalue weighted by molar-refractivity contribution is 5.79. The van der Waals surface area contributed by atoms with Gasteiger partial charge in [0.15, 0.2) is 19.4 Å². The summed E-state index contributed by atoms with van der Waals surface area (Å²) in [5, 5.41) is 0. The first kappa shape index (κ1) is 32.0. The van der Waals surface area contributed by atoms with E-state index in [9.17, 15) is 4.79 Å². The molecule has 0 radical (unpaired) electrons. The average molecular weight is 588 g/mol. The summed E-state index contributed by atoms with van der Waals surface area (Å²) in [7, 11) is 3.19. The van der Waals surface area contributed by atoms with E-state index in [2.05, 4.69) is 6.92 Å². The molecule has 1 unspecified atom stereocenters. The summed E-state index contributed by atoms with van der Waals surface area (Å²) >= 11 is 0. The van der Waals surface area contributed by atoms with E-state index in [0.717, 1.165) is 47.4 Å².